The molecule has 0 bridgehead atoms. The predicted octanol–water partition coefficient (Wildman–Crippen LogP) is 3.56. The standard InChI is InChI=1S/C21H20N2O2/c1-25-17-10-7-14(8-11-17)20(23)18-13-16(9-12-19(18)22)21(24)15-5-3-2-4-6-15/h2-13,20H,22-23H2,1H3. The van der Waals surface area contributed by atoms with Gasteiger partial charge in [0.25, 0.3) is 0 Å². The van der Waals surface area contributed by atoms with Crippen molar-refractivity contribution in [2.45, 2.75) is 6.04 Å². The summed E-state index contributed by atoms with van der Waals surface area (Å²) in [6.45, 7) is 0. The monoisotopic (exact) mass is 332 g/mol. The van der Waals surface area contributed by atoms with Gasteiger partial charge in [-0.15, -0.1) is 0 Å². The van der Waals surface area contributed by atoms with Crippen molar-refractivity contribution in [2.75, 3.05) is 12.8 Å². The van der Waals surface area contributed by atoms with Crippen LogP contribution in [0.2, 0.25) is 0 Å². The van der Waals surface area contributed by atoms with Crippen LogP contribution in [-0.2, 0) is 0 Å². The summed E-state index contributed by atoms with van der Waals surface area (Å²) in [6.07, 6.45) is 0. The molecule has 3 aromatic carbocycles. The van der Waals surface area contributed by atoms with Gasteiger partial charge in [-0.1, -0.05) is 42.5 Å². The van der Waals surface area contributed by atoms with Crippen molar-refractivity contribution in [2.24, 2.45) is 5.73 Å². The predicted molar refractivity (Wildman–Crippen MR) is 99.8 cm³/mol. The average molecular weight is 332 g/mol. The summed E-state index contributed by atoms with van der Waals surface area (Å²) in [7, 11) is 1.62. The first-order valence-electron chi connectivity index (χ1n) is 7.99. The molecule has 0 aliphatic carbocycles. The summed E-state index contributed by atoms with van der Waals surface area (Å²) in [5.41, 5.74) is 15.9. The number of ketones is 1. The number of carbonyl (C=O) groups excluding carboxylic acids is 1. The molecule has 3 rings (SSSR count). The van der Waals surface area contributed by atoms with E-state index in [-0.39, 0.29) is 5.78 Å². The summed E-state index contributed by atoms with van der Waals surface area (Å²) in [5, 5.41) is 0. The van der Waals surface area contributed by atoms with Crippen LogP contribution in [0.5, 0.6) is 5.75 Å². The van der Waals surface area contributed by atoms with Crippen LogP contribution < -0.4 is 16.2 Å². The number of hydrogen-bond donors (Lipinski definition) is 2. The summed E-state index contributed by atoms with van der Waals surface area (Å²) in [4.78, 5) is 12.7. The number of benzene rings is 3. The van der Waals surface area contributed by atoms with Gasteiger partial charge in [0.05, 0.1) is 13.2 Å². The van der Waals surface area contributed by atoms with Crippen LogP contribution in [0.4, 0.5) is 5.69 Å². The molecular weight excluding hydrogens is 312 g/mol. The molecule has 0 aliphatic heterocycles. The van der Waals surface area contributed by atoms with Crippen LogP contribution in [0.3, 0.4) is 0 Å². The molecule has 126 valence electrons. The van der Waals surface area contributed by atoms with Gasteiger partial charge in [-0.25, -0.2) is 0 Å². The van der Waals surface area contributed by atoms with Gasteiger partial charge in [-0.3, -0.25) is 4.79 Å². The fraction of sp³-hybridized carbons (Fsp3) is 0.0952. The Balaban J connectivity index is 1.94. The van der Waals surface area contributed by atoms with E-state index in [1.165, 1.54) is 0 Å². The van der Waals surface area contributed by atoms with Crippen LogP contribution in [0.25, 0.3) is 0 Å². The third-order valence-corrected chi connectivity index (χ3v) is 4.19. The minimum atomic E-state index is -0.422. The molecule has 0 spiro atoms. The van der Waals surface area contributed by atoms with Crippen molar-refractivity contribution in [1.82, 2.24) is 0 Å². The summed E-state index contributed by atoms with van der Waals surface area (Å²) in [5.74, 6) is 0.709. The molecule has 1 atom stereocenters. The second-order valence-corrected chi connectivity index (χ2v) is 5.79. The fourth-order valence-corrected chi connectivity index (χ4v) is 2.73. The number of ether oxygens (including phenoxy) is 1. The first-order chi connectivity index (χ1) is 12.1. The molecule has 0 fully saturated rings. The zero-order valence-electron chi connectivity index (χ0n) is 14.0. The van der Waals surface area contributed by atoms with E-state index >= 15 is 0 Å². The molecule has 0 saturated carbocycles. The molecule has 0 aliphatic rings. The third kappa shape index (κ3) is 3.54. The molecular formula is C21H20N2O2. The second-order valence-electron chi connectivity index (χ2n) is 5.79. The number of hydrogen-bond acceptors (Lipinski definition) is 4. The molecule has 4 N–H and O–H groups in total. The Kier molecular flexibility index (Phi) is 4.82. The van der Waals surface area contributed by atoms with Crippen molar-refractivity contribution in [3.8, 4) is 5.75 Å². The highest BCUT2D eigenvalue weighted by Crippen LogP contribution is 2.27. The molecule has 4 heteroatoms. The molecule has 0 aromatic heterocycles. The molecule has 25 heavy (non-hydrogen) atoms. The average Bonchev–Trinajstić information content (AvgIpc) is 2.68. The van der Waals surface area contributed by atoms with E-state index in [1.807, 2.05) is 42.5 Å². The van der Waals surface area contributed by atoms with Crippen LogP contribution >= 0.6 is 0 Å². The van der Waals surface area contributed by atoms with E-state index in [2.05, 4.69) is 0 Å². The van der Waals surface area contributed by atoms with Crippen LogP contribution in [0.15, 0.2) is 72.8 Å². The molecule has 3 aromatic rings. The van der Waals surface area contributed by atoms with Crippen LogP contribution in [-0.4, -0.2) is 12.9 Å². The lowest BCUT2D eigenvalue weighted by atomic mass is 9.94. The Morgan fingerprint density at radius 2 is 1.60 bits per heavy atom. The van der Waals surface area contributed by atoms with E-state index < -0.39 is 6.04 Å². The molecule has 1 unspecified atom stereocenters. The van der Waals surface area contributed by atoms with E-state index in [1.54, 1.807) is 37.4 Å². The second kappa shape index (κ2) is 7.20. The van der Waals surface area contributed by atoms with Crippen molar-refractivity contribution in [3.05, 3.63) is 95.1 Å². The Bertz CT molecular complexity index is 874. The van der Waals surface area contributed by atoms with Gasteiger partial charge in [0.2, 0.25) is 0 Å². The van der Waals surface area contributed by atoms with Gasteiger partial charge in [-0.2, -0.15) is 0 Å². The zero-order valence-corrected chi connectivity index (χ0v) is 14.0. The fourth-order valence-electron chi connectivity index (χ4n) is 2.73. The molecule has 0 radical (unpaired) electrons. The Morgan fingerprint density at radius 3 is 2.24 bits per heavy atom. The number of anilines is 1. The lowest BCUT2D eigenvalue weighted by Gasteiger charge is -2.16. The number of carbonyl (C=O) groups is 1. The highest BCUT2D eigenvalue weighted by molar-refractivity contribution is 6.09. The number of rotatable bonds is 5. The maximum Gasteiger partial charge on any atom is 0.193 e. The summed E-state index contributed by atoms with van der Waals surface area (Å²) < 4.78 is 5.17. The van der Waals surface area contributed by atoms with E-state index in [9.17, 15) is 4.79 Å². The van der Waals surface area contributed by atoms with Gasteiger partial charge in [-0.05, 0) is 41.5 Å². The highest BCUT2D eigenvalue weighted by atomic mass is 16.5. The topological polar surface area (TPSA) is 78.3 Å². The van der Waals surface area contributed by atoms with Crippen molar-refractivity contribution < 1.29 is 9.53 Å². The Labute approximate surface area is 147 Å². The van der Waals surface area contributed by atoms with Gasteiger partial charge in [0, 0.05) is 16.8 Å². The van der Waals surface area contributed by atoms with E-state index in [0.29, 0.717) is 16.8 Å². The molecule has 0 heterocycles. The largest absolute Gasteiger partial charge is 0.497 e. The van der Waals surface area contributed by atoms with Crippen molar-refractivity contribution in [3.63, 3.8) is 0 Å². The van der Waals surface area contributed by atoms with Gasteiger partial charge in [0.1, 0.15) is 5.75 Å². The zero-order chi connectivity index (χ0) is 17.8. The maximum absolute atomic E-state index is 12.7. The van der Waals surface area contributed by atoms with Gasteiger partial charge < -0.3 is 16.2 Å². The van der Waals surface area contributed by atoms with Crippen LogP contribution in [0, 0.1) is 0 Å². The van der Waals surface area contributed by atoms with Crippen molar-refractivity contribution in [1.29, 1.82) is 0 Å². The minimum absolute atomic E-state index is 0.0521. The molecule has 0 amide bonds. The van der Waals surface area contributed by atoms with Crippen molar-refractivity contribution >= 4 is 11.5 Å². The number of nitrogen functional groups attached to an aromatic ring is 1. The highest BCUT2D eigenvalue weighted by Gasteiger charge is 2.16. The normalized spacial score (nSPS) is 11.8. The van der Waals surface area contributed by atoms with Crippen LogP contribution in [0.1, 0.15) is 33.1 Å². The first kappa shape index (κ1) is 16.7. The van der Waals surface area contributed by atoms with Gasteiger partial charge in [0.15, 0.2) is 5.78 Å². The van der Waals surface area contributed by atoms with E-state index in [4.69, 9.17) is 16.2 Å². The lowest BCUT2D eigenvalue weighted by molar-refractivity contribution is 0.103. The Hall–Kier alpha value is -3.11. The SMILES string of the molecule is COc1ccc(C(N)c2cc(C(=O)c3ccccc3)ccc2N)cc1. The minimum Gasteiger partial charge on any atom is -0.497 e. The summed E-state index contributed by atoms with van der Waals surface area (Å²) in [6, 6.07) is 21.5. The molecule has 4 nitrogen and oxygen atoms in total. The quantitative estimate of drug-likeness (QED) is 0.553. The smallest absolute Gasteiger partial charge is 0.193 e. The number of methoxy groups -OCH3 is 1. The third-order valence-electron chi connectivity index (χ3n) is 4.19. The number of nitrogens with two attached hydrogens (primary N) is 2. The maximum atomic E-state index is 12.7. The Morgan fingerprint density at radius 1 is 0.920 bits per heavy atom. The lowest BCUT2D eigenvalue weighted by Crippen LogP contribution is -2.15. The molecule has 0 saturated heterocycles. The first-order valence-corrected chi connectivity index (χ1v) is 7.99. The van der Waals surface area contributed by atoms with Gasteiger partial charge >= 0.3 is 0 Å². The van der Waals surface area contributed by atoms with E-state index in [0.717, 1.165) is 16.9 Å². The summed E-state index contributed by atoms with van der Waals surface area (Å²) >= 11 is 0.